The van der Waals surface area contributed by atoms with Crippen molar-refractivity contribution in [1.82, 2.24) is 0 Å². The molecule has 2 aliphatic rings. The number of carboxylic acids is 1. The van der Waals surface area contributed by atoms with E-state index in [2.05, 4.69) is 6.07 Å². The molecule has 0 radical (unpaired) electrons. The average molecular weight is 273 g/mol. The predicted molar refractivity (Wildman–Crippen MR) is 75.8 cm³/mol. The van der Waals surface area contributed by atoms with Crippen LogP contribution in [0, 0.1) is 5.92 Å². The van der Waals surface area contributed by atoms with E-state index in [0.717, 1.165) is 37.9 Å². The van der Waals surface area contributed by atoms with Crippen molar-refractivity contribution < 1.29 is 14.7 Å². The van der Waals surface area contributed by atoms with Crippen molar-refractivity contribution in [3.8, 4) is 0 Å². The molecule has 1 aliphatic heterocycles. The largest absolute Gasteiger partial charge is 0.481 e. The molecule has 1 aromatic carbocycles. The maximum atomic E-state index is 12.2. The van der Waals surface area contributed by atoms with Gasteiger partial charge in [0, 0.05) is 24.6 Å². The fourth-order valence-corrected chi connectivity index (χ4v) is 2.83. The second-order valence-corrected chi connectivity index (χ2v) is 5.72. The van der Waals surface area contributed by atoms with Crippen LogP contribution in [0.4, 0.5) is 5.69 Å². The molecule has 0 spiro atoms. The summed E-state index contributed by atoms with van der Waals surface area (Å²) in [5.41, 5.74) is 3.46. The Labute approximate surface area is 118 Å². The highest BCUT2D eigenvalue weighted by atomic mass is 16.4. The summed E-state index contributed by atoms with van der Waals surface area (Å²) < 4.78 is 0. The molecular formula is C16H19NO3. The Morgan fingerprint density at radius 3 is 2.80 bits per heavy atom. The first-order valence-electron chi connectivity index (χ1n) is 7.30. The van der Waals surface area contributed by atoms with Crippen molar-refractivity contribution >= 4 is 17.6 Å². The van der Waals surface area contributed by atoms with Gasteiger partial charge in [-0.25, -0.2) is 0 Å². The highest BCUT2D eigenvalue weighted by Gasteiger charge is 2.36. The number of hydrogen-bond donors (Lipinski definition) is 1. The zero-order valence-corrected chi connectivity index (χ0v) is 11.5. The number of rotatable bonds is 5. The average Bonchev–Trinajstić information content (AvgIpc) is 3.18. The lowest BCUT2D eigenvalue weighted by Crippen LogP contribution is -2.30. The van der Waals surface area contributed by atoms with E-state index in [1.807, 2.05) is 17.0 Å². The minimum Gasteiger partial charge on any atom is -0.481 e. The molecule has 1 saturated carbocycles. The molecule has 0 unspecified atom stereocenters. The van der Waals surface area contributed by atoms with Crippen LogP contribution in [0.3, 0.4) is 0 Å². The lowest BCUT2D eigenvalue weighted by atomic mass is 10.0. The fraction of sp³-hybridized carbons (Fsp3) is 0.500. The number of nitrogens with zero attached hydrogens (tertiary/aromatic N) is 1. The molecule has 0 atom stereocenters. The number of benzene rings is 1. The van der Waals surface area contributed by atoms with Crippen molar-refractivity contribution in [2.24, 2.45) is 5.92 Å². The van der Waals surface area contributed by atoms with Gasteiger partial charge in [-0.15, -0.1) is 0 Å². The molecule has 0 saturated heterocycles. The first-order valence-corrected chi connectivity index (χ1v) is 7.30. The van der Waals surface area contributed by atoms with Crippen molar-refractivity contribution in [3.05, 3.63) is 29.3 Å². The van der Waals surface area contributed by atoms with Crippen LogP contribution in [-0.2, 0) is 22.4 Å². The number of aliphatic carboxylic acids is 1. The number of hydrogen-bond acceptors (Lipinski definition) is 2. The minimum atomic E-state index is -0.743. The van der Waals surface area contributed by atoms with Gasteiger partial charge >= 0.3 is 5.97 Å². The molecule has 0 aromatic heterocycles. The zero-order chi connectivity index (χ0) is 14.1. The minimum absolute atomic E-state index is 0.212. The topological polar surface area (TPSA) is 57.6 Å². The Morgan fingerprint density at radius 1 is 1.30 bits per heavy atom. The van der Waals surface area contributed by atoms with Crippen molar-refractivity contribution in [2.45, 2.75) is 38.5 Å². The monoisotopic (exact) mass is 273 g/mol. The SMILES string of the molecule is O=C(O)CCCc1ccc2c(c1)CCN2C(=O)C1CC1. The van der Waals surface area contributed by atoms with Gasteiger partial charge in [-0.3, -0.25) is 9.59 Å². The first-order chi connectivity index (χ1) is 9.65. The predicted octanol–water partition coefficient (Wildman–Crippen LogP) is 2.39. The van der Waals surface area contributed by atoms with E-state index in [-0.39, 0.29) is 18.2 Å². The Hall–Kier alpha value is -1.84. The number of fused-ring (bicyclic) bond motifs is 1. The van der Waals surface area contributed by atoms with Gasteiger partial charge < -0.3 is 10.0 Å². The standard InChI is InChI=1S/C16H19NO3/c18-15(19)3-1-2-11-4-7-14-13(10-11)8-9-17(14)16(20)12-5-6-12/h4,7,10,12H,1-3,5-6,8-9H2,(H,18,19). The fourth-order valence-electron chi connectivity index (χ4n) is 2.83. The molecule has 20 heavy (non-hydrogen) atoms. The van der Waals surface area contributed by atoms with Gasteiger partial charge in [-0.05, 0) is 49.3 Å². The van der Waals surface area contributed by atoms with Crippen LogP contribution < -0.4 is 4.90 Å². The summed E-state index contributed by atoms with van der Waals surface area (Å²) >= 11 is 0. The summed E-state index contributed by atoms with van der Waals surface area (Å²) in [6, 6.07) is 6.19. The van der Waals surface area contributed by atoms with E-state index in [0.29, 0.717) is 6.42 Å². The molecule has 1 heterocycles. The van der Waals surface area contributed by atoms with Crippen LogP contribution in [0.15, 0.2) is 18.2 Å². The van der Waals surface area contributed by atoms with Gasteiger partial charge in [0.2, 0.25) is 5.91 Å². The third kappa shape index (κ3) is 2.69. The number of carbonyl (C=O) groups is 2. The maximum Gasteiger partial charge on any atom is 0.303 e. The van der Waals surface area contributed by atoms with Crippen molar-refractivity contribution in [1.29, 1.82) is 0 Å². The number of carbonyl (C=O) groups excluding carboxylic acids is 1. The summed E-state index contributed by atoms with van der Waals surface area (Å²) in [5, 5.41) is 8.66. The molecule has 0 bridgehead atoms. The Balaban J connectivity index is 1.68. The molecule has 106 valence electrons. The Kier molecular flexibility index (Phi) is 3.47. The Morgan fingerprint density at radius 2 is 2.10 bits per heavy atom. The summed E-state index contributed by atoms with van der Waals surface area (Å²) in [6.07, 6.45) is 4.66. The number of carboxylic acid groups (broad SMARTS) is 1. The third-order valence-corrected chi connectivity index (χ3v) is 4.09. The second-order valence-electron chi connectivity index (χ2n) is 5.72. The molecule has 1 aromatic rings. The zero-order valence-electron chi connectivity index (χ0n) is 11.5. The van der Waals surface area contributed by atoms with Gasteiger partial charge in [-0.2, -0.15) is 0 Å². The van der Waals surface area contributed by atoms with Crippen LogP contribution in [0.2, 0.25) is 0 Å². The van der Waals surface area contributed by atoms with Crippen LogP contribution in [0.1, 0.15) is 36.8 Å². The lowest BCUT2D eigenvalue weighted by molar-refractivity contribution is -0.137. The second kappa shape index (κ2) is 5.27. The highest BCUT2D eigenvalue weighted by Crippen LogP contribution is 2.36. The summed E-state index contributed by atoms with van der Waals surface area (Å²) in [6.45, 7) is 0.795. The number of aryl methyl sites for hydroxylation is 1. The lowest BCUT2D eigenvalue weighted by Gasteiger charge is -2.17. The molecule has 3 rings (SSSR count). The van der Waals surface area contributed by atoms with Crippen molar-refractivity contribution in [2.75, 3.05) is 11.4 Å². The smallest absolute Gasteiger partial charge is 0.303 e. The van der Waals surface area contributed by atoms with Crippen LogP contribution in [0.5, 0.6) is 0 Å². The van der Waals surface area contributed by atoms with Gasteiger partial charge in [0.1, 0.15) is 0 Å². The summed E-state index contributed by atoms with van der Waals surface area (Å²) in [5.74, 6) is -0.203. The van der Waals surface area contributed by atoms with Crippen LogP contribution in [-0.4, -0.2) is 23.5 Å². The van der Waals surface area contributed by atoms with Crippen molar-refractivity contribution in [3.63, 3.8) is 0 Å². The van der Waals surface area contributed by atoms with E-state index in [1.54, 1.807) is 0 Å². The van der Waals surface area contributed by atoms with Crippen LogP contribution >= 0.6 is 0 Å². The van der Waals surface area contributed by atoms with Crippen LogP contribution in [0.25, 0.3) is 0 Å². The first kappa shape index (κ1) is 13.2. The molecule has 1 fully saturated rings. The number of amides is 1. The highest BCUT2D eigenvalue weighted by molar-refractivity contribution is 5.98. The van der Waals surface area contributed by atoms with Gasteiger partial charge in [-0.1, -0.05) is 12.1 Å². The third-order valence-electron chi connectivity index (χ3n) is 4.09. The number of anilines is 1. The maximum absolute atomic E-state index is 12.2. The van der Waals surface area contributed by atoms with E-state index in [9.17, 15) is 9.59 Å². The normalized spacial score (nSPS) is 17.1. The molecule has 1 N–H and O–H groups in total. The molecule has 1 amide bonds. The summed E-state index contributed by atoms with van der Waals surface area (Å²) in [7, 11) is 0. The molecular weight excluding hydrogens is 254 g/mol. The van der Waals surface area contributed by atoms with E-state index < -0.39 is 5.97 Å². The summed E-state index contributed by atoms with van der Waals surface area (Å²) in [4.78, 5) is 24.6. The van der Waals surface area contributed by atoms with E-state index in [1.165, 1.54) is 11.1 Å². The molecule has 1 aliphatic carbocycles. The van der Waals surface area contributed by atoms with E-state index >= 15 is 0 Å². The van der Waals surface area contributed by atoms with Gasteiger partial charge in [0.15, 0.2) is 0 Å². The van der Waals surface area contributed by atoms with Gasteiger partial charge in [0.25, 0.3) is 0 Å². The van der Waals surface area contributed by atoms with Gasteiger partial charge in [0.05, 0.1) is 0 Å². The quantitative estimate of drug-likeness (QED) is 0.896. The van der Waals surface area contributed by atoms with E-state index in [4.69, 9.17) is 5.11 Å². The molecule has 4 heteroatoms. The Bertz CT molecular complexity index is 549. The molecule has 4 nitrogen and oxygen atoms in total.